The van der Waals surface area contributed by atoms with E-state index in [2.05, 4.69) is 20.7 Å². The molecule has 2 aromatic rings. The van der Waals surface area contributed by atoms with E-state index in [0.717, 1.165) is 17.0 Å². The van der Waals surface area contributed by atoms with E-state index < -0.39 is 24.2 Å². The number of halogens is 1. The summed E-state index contributed by atoms with van der Waals surface area (Å²) in [6.07, 6.45) is 5.28. The Hall–Kier alpha value is -3.57. The number of carbonyl (C=O) groups is 1. The van der Waals surface area contributed by atoms with Crippen LogP contribution in [-0.2, 0) is 4.74 Å². The SMILES string of the molecule is CNc1cc(-c2cnc3n([C@@H]4CCOC[C@H]4O)cccc2-3)nc2c(C(=O)NC3CC[C@@H]3F)cnn12. The van der Waals surface area contributed by atoms with Crippen LogP contribution < -0.4 is 10.6 Å². The Balaban J connectivity index is 1.40. The highest BCUT2D eigenvalue weighted by atomic mass is 19.1. The van der Waals surface area contributed by atoms with Crippen LogP contribution in [0.3, 0.4) is 0 Å². The molecule has 3 aliphatic heterocycles. The lowest BCUT2D eigenvalue weighted by Gasteiger charge is -2.31. The number of hydrogen-bond acceptors (Lipinski definition) is 7. The van der Waals surface area contributed by atoms with Crippen LogP contribution in [0.15, 0.2) is 36.8 Å². The molecule has 1 saturated carbocycles. The molecule has 182 valence electrons. The molecule has 1 aliphatic carbocycles. The molecular formula is C24H26FN7O3. The molecule has 0 spiro atoms. The van der Waals surface area contributed by atoms with Gasteiger partial charge in [-0.1, -0.05) is 0 Å². The highest BCUT2D eigenvalue weighted by molar-refractivity contribution is 6.00. The van der Waals surface area contributed by atoms with Gasteiger partial charge >= 0.3 is 0 Å². The molecule has 0 radical (unpaired) electrons. The van der Waals surface area contributed by atoms with Crippen molar-refractivity contribution < 1.29 is 19.0 Å². The third kappa shape index (κ3) is 3.62. The van der Waals surface area contributed by atoms with Crippen LogP contribution in [0.2, 0.25) is 0 Å². The van der Waals surface area contributed by atoms with Crippen molar-refractivity contribution in [3.05, 3.63) is 42.4 Å². The molecule has 2 aromatic heterocycles. The van der Waals surface area contributed by atoms with Crippen molar-refractivity contribution in [3.63, 3.8) is 0 Å². The Morgan fingerprint density at radius 2 is 2.14 bits per heavy atom. The molecular weight excluding hydrogens is 453 g/mol. The molecule has 3 N–H and O–H groups in total. The summed E-state index contributed by atoms with van der Waals surface area (Å²) in [6.45, 7) is 0.875. The van der Waals surface area contributed by atoms with Gasteiger partial charge in [0, 0.05) is 43.2 Å². The van der Waals surface area contributed by atoms with Gasteiger partial charge in [-0.25, -0.2) is 14.4 Å². The molecule has 1 unspecified atom stereocenters. The smallest absolute Gasteiger partial charge is 0.257 e. The molecule has 35 heavy (non-hydrogen) atoms. The van der Waals surface area contributed by atoms with Gasteiger partial charge in [0.05, 0.1) is 36.7 Å². The number of nitrogens with one attached hydrogen (secondary N) is 2. The molecule has 1 amide bonds. The van der Waals surface area contributed by atoms with Gasteiger partial charge in [-0.3, -0.25) is 4.79 Å². The summed E-state index contributed by atoms with van der Waals surface area (Å²) in [4.78, 5) is 22.3. The summed E-state index contributed by atoms with van der Waals surface area (Å²) < 4.78 is 22.7. The van der Waals surface area contributed by atoms with Gasteiger partial charge in [-0.15, -0.1) is 0 Å². The van der Waals surface area contributed by atoms with Gasteiger partial charge in [-0.2, -0.15) is 9.61 Å². The second-order valence-corrected chi connectivity index (χ2v) is 9.07. The van der Waals surface area contributed by atoms with Crippen LogP contribution in [-0.4, -0.2) is 73.7 Å². The summed E-state index contributed by atoms with van der Waals surface area (Å²) in [7, 11) is 1.77. The van der Waals surface area contributed by atoms with E-state index in [-0.39, 0.29) is 11.6 Å². The second-order valence-electron chi connectivity index (χ2n) is 9.07. The lowest BCUT2D eigenvalue weighted by molar-refractivity contribution is -0.0383. The Morgan fingerprint density at radius 3 is 2.89 bits per heavy atom. The van der Waals surface area contributed by atoms with Crippen LogP contribution >= 0.6 is 0 Å². The summed E-state index contributed by atoms with van der Waals surface area (Å²) in [5.74, 6) is 0.997. The van der Waals surface area contributed by atoms with E-state index >= 15 is 0 Å². The quantitative estimate of drug-likeness (QED) is 0.402. The topological polar surface area (TPSA) is 119 Å². The standard InChI is InChI=1S/C24H26FN7O3/c1-26-21-9-18(29-23-15(11-28-32(21)23)24(34)30-17-5-4-16(17)25)14-10-27-22-13(14)3-2-7-31(22)19-6-8-35-12-20(19)33/h2-3,7,9-11,16-17,19-20,26,33H,4-6,8,12H2,1H3,(H,30,34)/t16-,17?,19+,20+/m0/s1. The number of ether oxygens (including phenoxy) is 1. The van der Waals surface area contributed by atoms with Crippen molar-refractivity contribution in [2.24, 2.45) is 0 Å². The maximum atomic E-state index is 13.7. The predicted octanol–water partition coefficient (Wildman–Crippen LogP) is 2.29. The number of hydrogen-bond donors (Lipinski definition) is 3. The van der Waals surface area contributed by atoms with Crippen LogP contribution in [0, 0.1) is 0 Å². The van der Waals surface area contributed by atoms with Gasteiger partial charge in [0.15, 0.2) is 5.65 Å². The number of alkyl halides is 1. The lowest BCUT2D eigenvalue weighted by Crippen LogP contribution is -2.48. The monoisotopic (exact) mass is 479 g/mol. The van der Waals surface area contributed by atoms with Gasteiger partial charge in [0.1, 0.15) is 23.4 Å². The van der Waals surface area contributed by atoms with Crippen LogP contribution in [0.5, 0.6) is 0 Å². The number of pyridine rings is 1. The van der Waals surface area contributed by atoms with Crippen LogP contribution in [0.4, 0.5) is 10.2 Å². The van der Waals surface area contributed by atoms with E-state index in [0.29, 0.717) is 49.6 Å². The molecule has 1 saturated heterocycles. The van der Waals surface area contributed by atoms with Crippen molar-refractivity contribution in [2.75, 3.05) is 25.6 Å². The Kier molecular flexibility index (Phi) is 5.37. The Labute approximate surface area is 200 Å². The predicted molar refractivity (Wildman–Crippen MR) is 126 cm³/mol. The summed E-state index contributed by atoms with van der Waals surface area (Å²) in [5, 5.41) is 20.7. The minimum Gasteiger partial charge on any atom is -0.389 e. The molecule has 0 bridgehead atoms. The second kappa shape index (κ2) is 8.58. The zero-order valence-corrected chi connectivity index (χ0v) is 19.2. The van der Waals surface area contributed by atoms with Gasteiger partial charge in [0.2, 0.25) is 0 Å². The molecule has 11 heteroatoms. The van der Waals surface area contributed by atoms with Gasteiger partial charge < -0.3 is 25.0 Å². The first-order chi connectivity index (χ1) is 17.0. The number of fused-ring (bicyclic) bond motifs is 2. The molecule has 6 rings (SSSR count). The van der Waals surface area contributed by atoms with E-state index in [4.69, 9.17) is 9.72 Å². The van der Waals surface area contributed by atoms with E-state index in [1.165, 1.54) is 6.20 Å². The third-order valence-corrected chi connectivity index (χ3v) is 7.00. The number of aliphatic hydroxyl groups is 1. The molecule has 0 aromatic carbocycles. The minimum absolute atomic E-state index is 0.130. The molecule has 5 heterocycles. The fourth-order valence-corrected chi connectivity index (χ4v) is 4.87. The zero-order chi connectivity index (χ0) is 24.1. The first kappa shape index (κ1) is 21.9. The molecule has 4 atom stereocenters. The number of rotatable bonds is 5. The number of anilines is 1. The van der Waals surface area contributed by atoms with E-state index in [1.54, 1.807) is 17.8 Å². The van der Waals surface area contributed by atoms with Crippen LogP contribution in [0.25, 0.3) is 28.3 Å². The largest absolute Gasteiger partial charge is 0.389 e. The highest BCUT2D eigenvalue weighted by Crippen LogP contribution is 2.37. The average Bonchev–Trinajstić information content (AvgIpc) is 3.50. The first-order valence-corrected chi connectivity index (χ1v) is 11.8. The fourth-order valence-electron chi connectivity index (χ4n) is 4.87. The fraction of sp³-hybridized carbons (Fsp3) is 0.417. The highest BCUT2D eigenvalue weighted by Gasteiger charge is 2.33. The van der Waals surface area contributed by atoms with Gasteiger partial charge in [0.25, 0.3) is 5.91 Å². The van der Waals surface area contributed by atoms with E-state index in [1.807, 2.05) is 29.0 Å². The normalized spacial score (nSPS) is 24.4. The Bertz CT molecular complexity index is 1370. The van der Waals surface area contributed by atoms with E-state index in [9.17, 15) is 14.3 Å². The number of aliphatic hydroxyl groups excluding tert-OH is 1. The molecule has 2 fully saturated rings. The van der Waals surface area contributed by atoms with Crippen molar-refractivity contribution in [1.82, 2.24) is 29.5 Å². The lowest BCUT2D eigenvalue weighted by atomic mass is 9.90. The van der Waals surface area contributed by atoms with Crippen molar-refractivity contribution in [3.8, 4) is 22.6 Å². The van der Waals surface area contributed by atoms with Crippen molar-refractivity contribution in [2.45, 2.75) is 43.6 Å². The molecule has 10 nitrogen and oxygen atoms in total. The number of aromatic nitrogens is 5. The maximum absolute atomic E-state index is 13.7. The minimum atomic E-state index is -1.01. The summed E-state index contributed by atoms with van der Waals surface area (Å²) in [5.41, 5.74) is 2.95. The third-order valence-electron chi connectivity index (χ3n) is 7.00. The number of nitrogens with zero attached hydrogens (tertiary/aromatic N) is 5. The zero-order valence-electron chi connectivity index (χ0n) is 19.2. The first-order valence-electron chi connectivity index (χ1n) is 11.8. The molecule has 4 aliphatic rings. The summed E-state index contributed by atoms with van der Waals surface area (Å²) in [6, 6.07) is 5.14. The average molecular weight is 480 g/mol. The van der Waals surface area contributed by atoms with Crippen molar-refractivity contribution >= 4 is 17.4 Å². The maximum Gasteiger partial charge on any atom is 0.257 e. The Morgan fingerprint density at radius 1 is 1.26 bits per heavy atom. The number of amides is 1. The number of carbonyl (C=O) groups excluding carboxylic acids is 1. The van der Waals surface area contributed by atoms with Crippen LogP contribution in [0.1, 0.15) is 35.7 Å². The van der Waals surface area contributed by atoms with Crippen molar-refractivity contribution in [1.29, 1.82) is 0 Å². The van der Waals surface area contributed by atoms with Gasteiger partial charge in [-0.05, 0) is 31.4 Å². The summed E-state index contributed by atoms with van der Waals surface area (Å²) >= 11 is 0.